The number of H-pyrrole nitrogens is 1. The third kappa shape index (κ3) is 2.88. The molecule has 30 heavy (non-hydrogen) atoms. The van der Waals surface area contributed by atoms with E-state index < -0.39 is 6.04 Å². The molecule has 1 N–H and O–H groups in total. The lowest BCUT2D eigenvalue weighted by Crippen LogP contribution is -2.29. The summed E-state index contributed by atoms with van der Waals surface area (Å²) in [4.78, 5) is 14.9. The van der Waals surface area contributed by atoms with E-state index >= 15 is 0 Å². The van der Waals surface area contributed by atoms with Gasteiger partial charge in [0.05, 0.1) is 11.7 Å². The molecule has 1 aliphatic heterocycles. The van der Waals surface area contributed by atoms with Gasteiger partial charge in [-0.05, 0) is 48.9 Å². The van der Waals surface area contributed by atoms with Crippen LogP contribution in [0.2, 0.25) is 0 Å². The number of benzene rings is 3. The smallest absolute Gasteiger partial charge is 0.277 e. The number of rotatable bonds is 3. The molecule has 1 atom stereocenters. The normalized spacial score (nSPS) is 15.5. The number of carbonyl (C=O) groups excluding carboxylic acids is 1. The first-order valence-electron chi connectivity index (χ1n) is 9.53. The van der Waals surface area contributed by atoms with Gasteiger partial charge in [0, 0.05) is 16.8 Å². The Balaban J connectivity index is 1.71. The quantitative estimate of drug-likeness (QED) is 0.499. The van der Waals surface area contributed by atoms with Crippen LogP contribution in [0, 0.1) is 18.6 Å². The first-order valence-corrected chi connectivity index (χ1v) is 9.53. The molecule has 1 aliphatic rings. The maximum atomic E-state index is 13.6. The van der Waals surface area contributed by atoms with Gasteiger partial charge in [-0.25, -0.2) is 8.78 Å². The average Bonchev–Trinajstić information content (AvgIpc) is 3.29. The highest BCUT2D eigenvalue weighted by Crippen LogP contribution is 2.45. The zero-order valence-electron chi connectivity index (χ0n) is 16.1. The van der Waals surface area contributed by atoms with E-state index in [2.05, 4.69) is 10.2 Å². The topological polar surface area (TPSA) is 49.0 Å². The number of halogens is 2. The number of aromatic nitrogens is 2. The zero-order chi connectivity index (χ0) is 20.8. The Morgan fingerprint density at radius 1 is 0.867 bits per heavy atom. The number of amides is 1. The van der Waals surface area contributed by atoms with Gasteiger partial charge in [0.25, 0.3) is 5.91 Å². The highest BCUT2D eigenvalue weighted by molar-refractivity contribution is 6.11. The van der Waals surface area contributed by atoms with E-state index in [1.807, 2.05) is 31.2 Å². The van der Waals surface area contributed by atoms with E-state index in [4.69, 9.17) is 0 Å². The first-order chi connectivity index (χ1) is 14.5. The van der Waals surface area contributed by atoms with Gasteiger partial charge in [-0.3, -0.25) is 14.8 Å². The van der Waals surface area contributed by atoms with Crippen molar-refractivity contribution in [1.82, 2.24) is 10.2 Å². The Kier molecular flexibility index (Phi) is 4.20. The number of nitrogens with zero attached hydrogens (tertiary/aromatic N) is 2. The Labute approximate surface area is 171 Å². The van der Waals surface area contributed by atoms with E-state index in [9.17, 15) is 13.6 Å². The Bertz CT molecular complexity index is 1230. The van der Waals surface area contributed by atoms with Crippen molar-refractivity contribution in [3.63, 3.8) is 0 Å². The second-order valence-electron chi connectivity index (χ2n) is 7.33. The predicted octanol–water partition coefficient (Wildman–Crippen LogP) is 5.41. The third-order valence-electron chi connectivity index (χ3n) is 5.38. The fourth-order valence-electron chi connectivity index (χ4n) is 3.91. The summed E-state index contributed by atoms with van der Waals surface area (Å²) in [5.74, 6) is -1.01. The van der Waals surface area contributed by atoms with Gasteiger partial charge in [-0.15, -0.1) is 0 Å². The van der Waals surface area contributed by atoms with Gasteiger partial charge in [0.15, 0.2) is 0 Å². The molecular weight excluding hydrogens is 384 g/mol. The second kappa shape index (κ2) is 6.91. The molecule has 148 valence electrons. The standard InChI is InChI=1S/C24H17F2N3O/c1-14-2-4-15(5-3-14)21-20-22(28-27-21)24(30)29(19-12-10-18(26)11-13-19)23(20)16-6-8-17(25)9-7-16/h2-13,23H,1H3,(H,27,28)/t23-/m0/s1. The number of aromatic amines is 1. The molecule has 5 rings (SSSR count). The van der Waals surface area contributed by atoms with Crippen molar-refractivity contribution in [1.29, 1.82) is 0 Å². The van der Waals surface area contributed by atoms with E-state index in [-0.39, 0.29) is 17.5 Å². The number of hydrogen-bond acceptors (Lipinski definition) is 2. The SMILES string of the molecule is Cc1ccc(-c2n[nH]c3c2[C@H](c2ccc(F)cc2)N(c2ccc(F)cc2)C3=O)cc1. The summed E-state index contributed by atoms with van der Waals surface area (Å²) in [7, 11) is 0. The molecule has 2 heterocycles. The van der Waals surface area contributed by atoms with Crippen molar-refractivity contribution < 1.29 is 13.6 Å². The van der Waals surface area contributed by atoms with E-state index in [1.54, 1.807) is 29.2 Å². The lowest BCUT2D eigenvalue weighted by molar-refractivity contribution is 0.0988. The molecule has 0 spiro atoms. The van der Waals surface area contributed by atoms with Crippen LogP contribution >= 0.6 is 0 Å². The summed E-state index contributed by atoms with van der Waals surface area (Å²) in [5.41, 5.74) is 5.04. The zero-order valence-corrected chi connectivity index (χ0v) is 16.1. The van der Waals surface area contributed by atoms with Crippen LogP contribution in [0.1, 0.15) is 33.2 Å². The third-order valence-corrected chi connectivity index (χ3v) is 5.38. The Morgan fingerprint density at radius 3 is 2.10 bits per heavy atom. The summed E-state index contributed by atoms with van der Waals surface area (Å²) in [5, 5.41) is 7.30. The molecule has 4 nitrogen and oxygen atoms in total. The molecule has 0 saturated heterocycles. The van der Waals surface area contributed by atoms with Crippen molar-refractivity contribution >= 4 is 11.6 Å². The molecular formula is C24H17F2N3O. The molecule has 0 radical (unpaired) electrons. The molecule has 0 saturated carbocycles. The second-order valence-corrected chi connectivity index (χ2v) is 7.33. The van der Waals surface area contributed by atoms with Crippen LogP contribution in [0.3, 0.4) is 0 Å². The van der Waals surface area contributed by atoms with Crippen molar-refractivity contribution in [3.8, 4) is 11.3 Å². The van der Waals surface area contributed by atoms with Crippen molar-refractivity contribution in [2.45, 2.75) is 13.0 Å². The van der Waals surface area contributed by atoms with E-state index in [0.717, 1.165) is 22.3 Å². The summed E-state index contributed by atoms with van der Waals surface area (Å²) in [6.45, 7) is 2.00. The van der Waals surface area contributed by atoms with Gasteiger partial charge in [0.1, 0.15) is 17.3 Å². The lowest BCUT2D eigenvalue weighted by Gasteiger charge is -2.26. The molecule has 0 aliphatic carbocycles. The number of fused-ring (bicyclic) bond motifs is 1. The minimum atomic E-state index is -0.520. The number of anilines is 1. The van der Waals surface area contributed by atoms with Crippen LogP contribution in [0.5, 0.6) is 0 Å². The van der Waals surface area contributed by atoms with Crippen LogP contribution in [0.25, 0.3) is 11.3 Å². The van der Waals surface area contributed by atoms with E-state index in [1.165, 1.54) is 24.3 Å². The average molecular weight is 401 g/mol. The largest absolute Gasteiger partial charge is 0.295 e. The summed E-state index contributed by atoms with van der Waals surface area (Å²) < 4.78 is 27.1. The fraction of sp³-hybridized carbons (Fsp3) is 0.0833. The maximum absolute atomic E-state index is 13.6. The van der Waals surface area contributed by atoms with Gasteiger partial charge >= 0.3 is 0 Å². The maximum Gasteiger partial charge on any atom is 0.277 e. The lowest BCUT2D eigenvalue weighted by atomic mass is 9.95. The number of hydrogen-bond donors (Lipinski definition) is 1. The Hall–Kier alpha value is -3.80. The van der Waals surface area contributed by atoms with Crippen LogP contribution < -0.4 is 4.90 Å². The van der Waals surface area contributed by atoms with E-state index in [0.29, 0.717) is 17.1 Å². The highest BCUT2D eigenvalue weighted by atomic mass is 19.1. The van der Waals surface area contributed by atoms with Crippen LogP contribution in [0.15, 0.2) is 72.8 Å². The first kappa shape index (κ1) is 18.2. The minimum Gasteiger partial charge on any atom is -0.295 e. The van der Waals surface area contributed by atoms with Crippen LogP contribution in [-0.4, -0.2) is 16.1 Å². The van der Waals surface area contributed by atoms with Crippen molar-refractivity contribution in [2.24, 2.45) is 0 Å². The van der Waals surface area contributed by atoms with Gasteiger partial charge < -0.3 is 0 Å². The molecule has 1 amide bonds. The molecule has 6 heteroatoms. The molecule has 1 aromatic heterocycles. The molecule has 0 unspecified atom stereocenters. The number of aryl methyl sites for hydroxylation is 1. The van der Waals surface area contributed by atoms with Gasteiger partial charge in [-0.1, -0.05) is 42.0 Å². The summed E-state index contributed by atoms with van der Waals surface area (Å²) in [6, 6.07) is 19.2. The number of carbonyl (C=O) groups is 1. The summed E-state index contributed by atoms with van der Waals surface area (Å²) >= 11 is 0. The highest BCUT2D eigenvalue weighted by Gasteiger charge is 2.43. The molecule has 4 aromatic rings. The molecule has 0 bridgehead atoms. The number of nitrogens with one attached hydrogen (secondary N) is 1. The van der Waals surface area contributed by atoms with Crippen molar-refractivity contribution in [2.75, 3.05) is 4.90 Å². The molecule has 3 aromatic carbocycles. The van der Waals surface area contributed by atoms with Crippen molar-refractivity contribution in [3.05, 3.63) is 107 Å². The van der Waals surface area contributed by atoms with Gasteiger partial charge in [0.2, 0.25) is 0 Å². The van der Waals surface area contributed by atoms with Gasteiger partial charge in [-0.2, -0.15) is 5.10 Å². The monoisotopic (exact) mass is 401 g/mol. The minimum absolute atomic E-state index is 0.267. The summed E-state index contributed by atoms with van der Waals surface area (Å²) in [6.07, 6.45) is 0. The fourth-order valence-corrected chi connectivity index (χ4v) is 3.91. The van der Waals surface area contributed by atoms with Crippen LogP contribution in [0.4, 0.5) is 14.5 Å². The Morgan fingerprint density at radius 2 is 1.47 bits per heavy atom. The van der Waals surface area contributed by atoms with Crippen LogP contribution in [-0.2, 0) is 0 Å². The predicted molar refractivity (Wildman–Crippen MR) is 110 cm³/mol. The molecule has 0 fully saturated rings.